The average molecular weight is 412 g/mol. The Bertz CT molecular complexity index is 940. The summed E-state index contributed by atoms with van der Waals surface area (Å²) in [6, 6.07) is 1.28. The van der Waals surface area contributed by atoms with Gasteiger partial charge in [0.15, 0.2) is 9.84 Å². The second kappa shape index (κ2) is 6.03. The highest BCUT2D eigenvalue weighted by Crippen LogP contribution is 2.42. The van der Waals surface area contributed by atoms with Gasteiger partial charge in [0, 0.05) is 10.4 Å². The van der Waals surface area contributed by atoms with Gasteiger partial charge in [-0.1, -0.05) is 0 Å². The van der Waals surface area contributed by atoms with Gasteiger partial charge in [-0.15, -0.1) is 11.3 Å². The molecule has 1 aromatic rings. The standard InChI is InChI=1S/C17H21N3O5S2/c1-16(6-8-27(24,25)10-16)18-13(21)9-20-14(22)17(19-15(20)23)5-2-3-12-11(17)4-7-26-12/h4,7H,2-3,5-6,8-10H2,1H3,(H,18,21)(H,19,23)/t16-,17+/m1/s1. The Morgan fingerprint density at radius 2 is 2.15 bits per heavy atom. The lowest BCUT2D eigenvalue weighted by Gasteiger charge is -2.31. The maximum Gasteiger partial charge on any atom is 0.325 e. The Hall–Kier alpha value is -1.94. The van der Waals surface area contributed by atoms with Gasteiger partial charge in [-0.2, -0.15) is 0 Å². The number of carbonyl (C=O) groups excluding carboxylic acids is 3. The van der Waals surface area contributed by atoms with Crippen LogP contribution in [-0.2, 0) is 31.4 Å². The van der Waals surface area contributed by atoms with Crippen molar-refractivity contribution in [3.8, 4) is 0 Å². The van der Waals surface area contributed by atoms with Crippen LogP contribution in [0.1, 0.15) is 36.6 Å². The molecule has 2 fully saturated rings. The van der Waals surface area contributed by atoms with Crippen molar-refractivity contribution in [2.24, 2.45) is 0 Å². The van der Waals surface area contributed by atoms with Crippen molar-refractivity contribution in [3.05, 3.63) is 21.9 Å². The molecular formula is C17H21N3O5S2. The van der Waals surface area contributed by atoms with Crippen LogP contribution in [0.15, 0.2) is 11.4 Å². The van der Waals surface area contributed by atoms with E-state index in [9.17, 15) is 22.8 Å². The number of amides is 4. The molecule has 2 saturated heterocycles. The predicted molar refractivity (Wildman–Crippen MR) is 99.0 cm³/mol. The molecule has 2 aliphatic heterocycles. The van der Waals surface area contributed by atoms with Crippen LogP contribution in [0.4, 0.5) is 4.79 Å². The Morgan fingerprint density at radius 1 is 1.37 bits per heavy atom. The van der Waals surface area contributed by atoms with Crippen LogP contribution in [0, 0.1) is 0 Å². The SMILES string of the molecule is C[C@@]1(NC(=O)CN2C(=O)N[C@]3(CCCc4sccc43)C2=O)CCS(=O)(=O)C1. The van der Waals surface area contributed by atoms with E-state index >= 15 is 0 Å². The number of imide groups is 1. The third-order valence-corrected chi connectivity index (χ3v) is 8.47. The number of nitrogens with one attached hydrogen (secondary N) is 2. The van der Waals surface area contributed by atoms with Crippen molar-refractivity contribution in [3.63, 3.8) is 0 Å². The number of hydrogen-bond donors (Lipinski definition) is 2. The van der Waals surface area contributed by atoms with E-state index in [0.29, 0.717) is 12.8 Å². The zero-order valence-electron chi connectivity index (χ0n) is 14.9. The molecule has 0 saturated carbocycles. The van der Waals surface area contributed by atoms with Gasteiger partial charge in [0.05, 0.1) is 17.0 Å². The van der Waals surface area contributed by atoms with Gasteiger partial charge in [-0.3, -0.25) is 14.5 Å². The summed E-state index contributed by atoms with van der Waals surface area (Å²) in [5, 5.41) is 7.41. The third kappa shape index (κ3) is 3.04. The molecule has 146 valence electrons. The Labute approximate surface area is 161 Å². The number of carbonyl (C=O) groups is 3. The predicted octanol–water partition coefficient (Wildman–Crippen LogP) is 0.525. The lowest BCUT2D eigenvalue weighted by molar-refractivity contribution is -0.136. The lowest BCUT2D eigenvalue weighted by Crippen LogP contribution is -2.51. The van der Waals surface area contributed by atoms with E-state index in [2.05, 4.69) is 10.6 Å². The topological polar surface area (TPSA) is 113 Å². The molecule has 0 bridgehead atoms. The first-order valence-corrected chi connectivity index (χ1v) is 11.6. The van der Waals surface area contributed by atoms with Gasteiger partial charge in [0.2, 0.25) is 5.91 Å². The van der Waals surface area contributed by atoms with Crippen LogP contribution in [0.3, 0.4) is 0 Å². The molecule has 4 amide bonds. The maximum absolute atomic E-state index is 13.1. The van der Waals surface area contributed by atoms with Crippen LogP contribution in [0.5, 0.6) is 0 Å². The van der Waals surface area contributed by atoms with E-state index < -0.39 is 45.3 Å². The highest BCUT2D eigenvalue weighted by atomic mass is 32.2. The fourth-order valence-corrected chi connectivity index (χ4v) is 7.41. The van der Waals surface area contributed by atoms with E-state index in [1.54, 1.807) is 18.3 Å². The van der Waals surface area contributed by atoms with E-state index in [-0.39, 0.29) is 11.5 Å². The zero-order chi connectivity index (χ0) is 19.4. The van der Waals surface area contributed by atoms with Gasteiger partial charge in [-0.25, -0.2) is 13.2 Å². The highest BCUT2D eigenvalue weighted by molar-refractivity contribution is 7.91. The van der Waals surface area contributed by atoms with Crippen LogP contribution in [0.2, 0.25) is 0 Å². The first-order chi connectivity index (χ1) is 12.6. The van der Waals surface area contributed by atoms with Crippen LogP contribution >= 0.6 is 11.3 Å². The van der Waals surface area contributed by atoms with E-state index in [1.165, 1.54) is 0 Å². The minimum absolute atomic E-state index is 0.0248. The van der Waals surface area contributed by atoms with Crippen molar-refractivity contribution in [2.75, 3.05) is 18.1 Å². The molecular weight excluding hydrogens is 390 g/mol. The molecule has 2 N–H and O–H groups in total. The van der Waals surface area contributed by atoms with Crippen molar-refractivity contribution < 1.29 is 22.8 Å². The fraction of sp³-hybridized carbons (Fsp3) is 0.588. The highest BCUT2D eigenvalue weighted by Gasteiger charge is 2.54. The first kappa shape index (κ1) is 18.4. The van der Waals surface area contributed by atoms with E-state index in [1.807, 2.05) is 11.4 Å². The molecule has 3 aliphatic rings. The minimum Gasteiger partial charge on any atom is -0.348 e. The molecule has 2 atom stereocenters. The molecule has 0 aromatic carbocycles. The van der Waals surface area contributed by atoms with Gasteiger partial charge in [-0.05, 0) is 44.1 Å². The van der Waals surface area contributed by atoms with Gasteiger partial charge >= 0.3 is 6.03 Å². The third-order valence-electron chi connectivity index (χ3n) is 5.58. The quantitative estimate of drug-likeness (QED) is 0.705. The maximum atomic E-state index is 13.1. The van der Waals surface area contributed by atoms with Gasteiger partial charge in [0.1, 0.15) is 12.1 Å². The Balaban J connectivity index is 1.50. The number of urea groups is 1. The van der Waals surface area contributed by atoms with Crippen LogP contribution < -0.4 is 10.6 Å². The fourth-order valence-electron chi connectivity index (χ4n) is 4.31. The van der Waals surface area contributed by atoms with E-state index in [4.69, 9.17) is 0 Å². The monoisotopic (exact) mass is 411 g/mol. The van der Waals surface area contributed by atoms with Crippen molar-refractivity contribution in [2.45, 2.75) is 43.7 Å². The lowest BCUT2D eigenvalue weighted by atomic mass is 9.80. The minimum atomic E-state index is -3.17. The second-order valence-electron chi connectivity index (χ2n) is 7.79. The summed E-state index contributed by atoms with van der Waals surface area (Å²) in [6.45, 7) is 1.25. The number of sulfone groups is 1. The number of rotatable bonds is 3. The average Bonchev–Trinajstić information content (AvgIpc) is 3.21. The summed E-state index contributed by atoms with van der Waals surface area (Å²) in [7, 11) is -3.17. The van der Waals surface area contributed by atoms with Crippen molar-refractivity contribution >= 4 is 39.0 Å². The number of hydrogen-bond acceptors (Lipinski definition) is 6. The molecule has 10 heteroatoms. The molecule has 0 unspecified atom stereocenters. The summed E-state index contributed by atoms with van der Waals surface area (Å²) in [5.74, 6) is -1.05. The number of fused-ring (bicyclic) bond motifs is 2. The molecule has 8 nitrogen and oxygen atoms in total. The zero-order valence-corrected chi connectivity index (χ0v) is 16.5. The normalized spacial score (nSPS) is 31.8. The Kier molecular flexibility index (Phi) is 4.12. The summed E-state index contributed by atoms with van der Waals surface area (Å²) < 4.78 is 23.4. The molecule has 27 heavy (non-hydrogen) atoms. The summed E-state index contributed by atoms with van der Waals surface area (Å²) in [5.41, 5.74) is -1.11. The molecule has 1 spiro atoms. The molecule has 1 aliphatic carbocycles. The Morgan fingerprint density at radius 3 is 2.85 bits per heavy atom. The molecule has 1 aromatic heterocycles. The van der Waals surface area contributed by atoms with Gasteiger partial charge < -0.3 is 10.6 Å². The van der Waals surface area contributed by atoms with Crippen molar-refractivity contribution in [1.29, 1.82) is 0 Å². The summed E-state index contributed by atoms with van der Waals surface area (Å²) >= 11 is 1.57. The van der Waals surface area contributed by atoms with Crippen LogP contribution in [0.25, 0.3) is 0 Å². The van der Waals surface area contributed by atoms with E-state index in [0.717, 1.165) is 28.2 Å². The van der Waals surface area contributed by atoms with Gasteiger partial charge in [0.25, 0.3) is 5.91 Å². The number of aryl methyl sites for hydroxylation is 1. The largest absolute Gasteiger partial charge is 0.348 e. The first-order valence-electron chi connectivity index (χ1n) is 8.87. The van der Waals surface area contributed by atoms with Crippen LogP contribution in [-0.4, -0.2) is 54.8 Å². The summed E-state index contributed by atoms with van der Waals surface area (Å²) in [6.07, 6.45) is 2.50. The number of nitrogens with zero attached hydrogens (tertiary/aromatic N) is 1. The smallest absolute Gasteiger partial charge is 0.325 e. The summed E-state index contributed by atoms with van der Waals surface area (Å²) in [4.78, 5) is 40.0. The number of thiophene rings is 1. The molecule has 0 radical (unpaired) electrons. The second-order valence-corrected chi connectivity index (χ2v) is 11.0. The molecule has 3 heterocycles. The van der Waals surface area contributed by atoms with Crippen molar-refractivity contribution in [1.82, 2.24) is 15.5 Å². The molecule has 4 rings (SSSR count).